The Morgan fingerprint density at radius 1 is 0.781 bits per heavy atom. The van der Waals surface area contributed by atoms with Crippen molar-refractivity contribution in [2.75, 3.05) is 5.32 Å². The number of carbonyl (C=O) groups excluding carboxylic acids is 2. The summed E-state index contributed by atoms with van der Waals surface area (Å²) < 4.78 is 78.4. The summed E-state index contributed by atoms with van der Waals surface area (Å²) >= 11 is 0. The molecule has 2 aromatic carbocycles. The molecular weight excluding hydrogens is 438 g/mol. The molecule has 0 radical (unpaired) electrons. The number of anilines is 1. The highest BCUT2D eigenvalue weighted by atomic mass is 19.4. The Bertz CT molecular complexity index is 962. The van der Waals surface area contributed by atoms with Gasteiger partial charge < -0.3 is 10.6 Å². The van der Waals surface area contributed by atoms with Gasteiger partial charge in [0.2, 0.25) is 0 Å². The summed E-state index contributed by atoms with van der Waals surface area (Å²) in [6.45, 7) is 0. The standard InChI is InChI=1S/C22H20F6N2O2/c23-21(24,25)14-10-13(11-15(12-14)22(26,27)28)19(31)30-18-9-5-4-8-17(18)20(32)29-16-6-2-1-3-7-16/h4-5,8-12,16H,1-3,6-7H2,(H,29,32)(H,30,31). The number of para-hydroxylation sites is 1. The lowest BCUT2D eigenvalue weighted by Gasteiger charge is -2.23. The molecule has 4 nitrogen and oxygen atoms in total. The number of amides is 2. The molecule has 0 unspecified atom stereocenters. The van der Waals surface area contributed by atoms with Crippen LogP contribution in [-0.4, -0.2) is 17.9 Å². The highest BCUT2D eigenvalue weighted by Gasteiger charge is 2.37. The van der Waals surface area contributed by atoms with Crippen molar-refractivity contribution >= 4 is 17.5 Å². The zero-order chi connectivity index (χ0) is 23.5. The molecule has 2 N–H and O–H groups in total. The SMILES string of the molecule is O=C(Nc1ccccc1C(=O)NC1CCCCC1)c1cc(C(F)(F)F)cc(C(F)(F)F)c1. The maximum absolute atomic E-state index is 13.1. The number of benzene rings is 2. The minimum atomic E-state index is -5.08. The smallest absolute Gasteiger partial charge is 0.349 e. The zero-order valence-electron chi connectivity index (χ0n) is 16.7. The number of carbonyl (C=O) groups is 2. The van der Waals surface area contributed by atoms with Crippen LogP contribution in [0, 0.1) is 0 Å². The van der Waals surface area contributed by atoms with Crippen LogP contribution >= 0.6 is 0 Å². The summed E-state index contributed by atoms with van der Waals surface area (Å²) in [6.07, 6.45) is -5.51. The van der Waals surface area contributed by atoms with Gasteiger partial charge in [0.1, 0.15) is 0 Å². The van der Waals surface area contributed by atoms with E-state index in [-0.39, 0.29) is 23.4 Å². The summed E-state index contributed by atoms with van der Waals surface area (Å²) in [7, 11) is 0. The van der Waals surface area contributed by atoms with E-state index in [1.807, 2.05) is 0 Å². The predicted molar refractivity (Wildman–Crippen MR) is 105 cm³/mol. The van der Waals surface area contributed by atoms with Crippen molar-refractivity contribution in [2.24, 2.45) is 0 Å². The predicted octanol–water partition coefficient (Wildman–Crippen LogP) is 6.04. The molecule has 10 heteroatoms. The Balaban J connectivity index is 1.87. The Hall–Kier alpha value is -3.04. The van der Waals surface area contributed by atoms with Gasteiger partial charge in [0.15, 0.2) is 0 Å². The van der Waals surface area contributed by atoms with Crippen LogP contribution in [0.2, 0.25) is 0 Å². The van der Waals surface area contributed by atoms with Gasteiger partial charge in [-0.3, -0.25) is 9.59 Å². The second-order valence-electron chi connectivity index (χ2n) is 7.60. The van der Waals surface area contributed by atoms with Gasteiger partial charge in [0.05, 0.1) is 22.4 Å². The van der Waals surface area contributed by atoms with E-state index >= 15 is 0 Å². The molecule has 0 aromatic heterocycles. The molecule has 172 valence electrons. The van der Waals surface area contributed by atoms with Crippen molar-refractivity contribution < 1.29 is 35.9 Å². The van der Waals surface area contributed by atoms with E-state index in [1.54, 1.807) is 0 Å². The zero-order valence-corrected chi connectivity index (χ0v) is 16.7. The third-order valence-corrected chi connectivity index (χ3v) is 5.21. The molecule has 0 saturated heterocycles. The van der Waals surface area contributed by atoms with Gasteiger partial charge in [-0.1, -0.05) is 31.4 Å². The van der Waals surface area contributed by atoms with Crippen molar-refractivity contribution in [1.82, 2.24) is 5.32 Å². The van der Waals surface area contributed by atoms with Gasteiger partial charge in [-0.25, -0.2) is 0 Å². The number of rotatable bonds is 4. The van der Waals surface area contributed by atoms with Gasteiger partial charge >= 0.3 is 12.4 Å². The number of alkyl halides is 6. The highest BCUT2D eigenvalue weighted by Crippen LogP contribution is 2.36. The fourth-order valence-corrected chi connectivity index (χ4v) is 3.58. The van der Waals surface area contributed by atoms with E-state index in [0.717, 1.165) is 32.1 Å². The fourth-order valence-electron chi connectivity index (χ4n) is 3.58. The fraction of sp³-hybridized carbons (Fsp3) is 0.364. The maximum atomic E-state index is 13.1. The van der Waals surface area contributed by atoms with Crippen LogP contribution < -0.4 is 10.6 Å². The van der Waals surface area contributed by atoms with Gasteiger partial charge in [0.25, 0.3) is 11.8 Å². The molecule has 1 fully saturated rings. The summed E-state index contributed by atoms with van der Waals surface area (Å²) in [4.78, 5) is 25.2. The molecule has 0 aliphatic heterocycles. The average molecular weight is 458 g/mol. The number of halogens is 6. The van der Waals surface area contributed by atoms with Crippen molar-refractivity contribution in [2.45, 2.75) is 50.5 Å². The molecule has 32 heavy (non-hydrogen) atoms. The third kappa shape index (κ3) is 5.80. The van der Waals surface area contributed by atoms with Gasteiger partial charge in [0, 0.05) is 11.6 Å². The molecule has 2 aromatic rings. The lowest BCUT2D eigenvalue weighted by Crippen LogP contribution is -2.36. The minimum Gasteiger partial charge on any atom is -0.349 e. The van der Waals surface area contributed by atoms with Crippen LogP contribution in [0.3, 0.4) is 0 Å². The third-order valence-electron chi connectivity index (χ3n) is 5.21. The van der Waals surface area contributed by atoms with Gasteiger partial charge in [-0.05, 0) is 43.2 Å². The van der Waals surface area contributed by atoms with Crippen LogP contribution in [0.25, 0.3) is 0 Å². The topological polar surface area (TPSA) is 58.2 Å². The first-order valence-corrected chi connectivity index (χ1v) is 9.96. The molecule has 0 atom stereocenters. The molecule has 0 bridgehead atoms. The minimum absolute atomic E-state index is 0.0169. The Kier molecular flexibility index (Phi) is 6.80. The van der Waals surface area contributed by atoms with Crippen LogP contribution in [-0.2, 0) is 12.4 Å². The van der Waals surface area contributed by atoms with Crippen LogP contribution in [0.15, 0.2) is 42.5 Å². The Morgan fingerprint density at radius 3 is 1.91 bits per heavy atom. The first-order chi connectivity index (χ1) is 14.9. The Labute approximate surface area is 180 Å². The number of hydrogen-bond acceptors (Lipinski definition) is 2. The lowest BCUT2D eigenvalue weighted by atomic mass is 9.95. The summed E-state index contributed by atoms with van der Waals surface area (Å²) in [5.74, 6) is -1.67. The van der Waals surface area contributed by atoms with Crippen LogP contribution in [0.1, 0.15) is 63.9 Å². The highest BCUT2D eigenvalue weighted by molar-refractivity contribution is 6.09. The first-order valence-electron chi connectivity index (χ1n) is 9.96. The molecule has 0 spiro atoms. The van der Waals surface area contributed by atoms with Crippen LogP contribution in [0.4, 0.5) is 32.0 Å². The normalized spacial score (nSPS) is 15.3. The van der Waals surface area contributed by atoms with Crippen molar-refractivity contribution in [1.29, 1.82) is 0 Å². The molecular formula is C22H20F6N2O2. The first kappa shape index (κ1) is 23.6. The monoisotopic (exact) mass is 458 g/mol. The van der Waals surface area contributed by atoms with E-state index < -0.39 is 40.9 Å². The van der Waals surface area contributed by atoms with Gasteiger partial charge in [-0.15, -0.1) is 0 Å². The molecule has 1 saturated carbocycles. The number of nitrogens with one attached hydrogen (secondary N) is 2. The molecule has 1 aliphatic rings. The van der Waals surface area contributed by atoms with E-state index in [4.69, 9.17) is 0 Å². The van der Waals surface area contributed by atoms with E-state index in [1.165, 1.54) is 24.3 Å². The molecule has 3 rings (SSSR count). The van der Waals surface area contributed by atoms with E-state index in [9.17, 15) is 35.9 Å². The van der Waals surface area contributed by atoms with E-state index in [0.29, 0.717) is 12.1 Å². The summed E-state index contributed by atoms with van der Waals surface area (Å²) in [5.41, 5.74) is -3.97. The van der Waals surface area contributed by atoms with Crippen LogP contribution in [0.5, 0.6) is 0 Å². The maximum Gasteiger partial charge on any atom is 0.416 e. The summed E-state index contributed by atoms with van der Waals surface area (Å²) in [6, 6.07) is 6.40. The molecule has 0 heterocycles. The Morgan fingerprint density at radius 2 is 1.34 bits per heavy atom. The lowest BCUT2D eigenvalue weighted by molar-refractivity contribution is -0.143. The quantitative estimate of drug-likeness (QED) is 0.549. The second kappa shape index (κ2) is 9.22. The number of hydrogen-bond donors (Lipinski definition) is 2. The van der Waals surface area contributed by atoms with Crippen molar-refractivity contribution in [3.8, 4) is 0 Å². The largest absolute Gasteiger partial charge is 0.416 e. The van der Waals surface area contributed by atoms with E-state index in [2.05, 4.69) is 10.6 Å². The van der Waals surface area contributed by atoms with Crippen molar-refractivity contribution in [3.05, 3.63) is 64.7 Å². The second-order valence-corrected chi connectivity index (χ2v) is 7.60. The van der Waals surface area contributed by atoms with Crippen molar-refractivity contribution in [3.63, 3.8) is 0 Å². The average Bonchev–Trinajstić information content (AvgIpc) is 2.73. The molecule has 2 amide bonds. The van der Waals surface area contributed by atoms with Gasteiger partial charge in [-0.2, -0.15) is 26.3 Å². The molecule has 1 aliphatic carbocycles. The summed E-state index contributed by atoms with van der Waals surface area (Å²) in [5, 5.41) is 5.13.